The van der Waals surface area contributed by atoms with Crippen molar-refractivity contribution >= 4 is 35.8 Å². The van der Waals surface area contributed by atoms with E-state index in [-0.39, 0.29) is 113 Å². The summed E-state index contributed by atoms with van der Waals surface area (Å²) in [5, 5.41) is 41.4. The van der Waals surface area contributed by atoms with Gasteiger partial charge < -0.3 is 35.2 Å². The second-order valence-electron chi connectivity index (χ2n) is 16.7. The molecule has 0 aliphatic rings. The van der Waals surface area contributed by atoms with Gasteiger partial charge >= 0.3 is 29.8 Å². The van der Waals surface area contributed by atoms with E-state index in [4.69, 9.17) is 9.72 Å². The van der Waals surface area contributed by atoms with Crippen LogP contribution in [0.15, 0.2) is 91.0 Å². The first-order valence-electron chi connectivity index (χ1n) is 23.0. The number of hydrogen-bond acceptors (Lipinski definition) is 15. The summed E-state index contributed by atoms with van der Waals surface area (Å²) in [6.45, 7) is 0.758. The third-order valence-electron chi connectivity index (χ3n) is 10.8. The molecule has 0 aliphatic carbocycles. The fourth-order valence-electron chi connectivity index (χ4n) is 7.42. The second kappa shape index (κ2) is 26.8. The fourth-order valence-corrected chi connectivity index (χ4v) is 7.42. The Balaban J connectivity index is 1.17. The molecule has 1 amide bonds. The van der Waals surface area contributed by atoms with Gasteiger partial charge in [-0.25, -0.2) is 47.9 Å². The van der Waals surface area contributed by atoms with E-state index in [2.05, 4.69) is 30.0 Å². The zero-order valence-corrected chi connectivity index (χ0v) is 39.8. The lowest BCUT2D eigenvalue weighted by atomic mass is 10.2. The van der Waals surface area contributed by atoms with Crippen LogP contribution in [0, 0.1) is 23.3 Å². The first-order valence-corrected chi connectivity index (χ1v) is 23.0. The van der Waals surface area contributed by atoms with Gasteiger partial charge in [-0.1, -0.05) is 24.3 Å². The van der Waals surface area contributed by atoms with Crippen LogP contribution in [-0.2, 0) is 48.9 Å². The summed E-state index contributed by atoms with van der Waals surface area (Å²) in [5.41, 5.74) is 1.59. The van der Waals surface area contributed by atoms with Crippen LogP contribution < -0.4 is 14.8 Å². The number of esters is 1. The number of aromatic carboxylic acids is 4. The maximum Gasteiger partial charge on any atom is 0.354 e. The quantitative estimate of drug-likeness (QED) is 0.0110. The highest BCUT2D eigenvalue weighted by atomic mass is 19.2. The van der Waals surface area contributed by atoms with Crippen molar-refractivity contribution in [1.29, 1.82) is 0 Å². The Morgan fingerprint density at radius 1 is 0.480 bits per heavy atom. The molecule has 75 heavy (non-hydrogen) atoms. The average molecular weight is 1040 g/mol. The number of amides is 1. The summed E-state index contributed by atoms with van der Waals surface area (Å²) in [6.07, 6.45) is 0.755. The van der Waals surface area contributed by atoms with Crippen molar-refractivity contribution in [1.82, 2.24) is 40.0 Å². The van der Waals surface area contributed by atoms with Crippen LogP contribution in [-0.4, -0.2) is 104 Å². The minimum absolute atomic E-state index is 0.0120. The number of pyridine rings is 5. The molecule has 0 saturated heterocycles. The van der Waals surface area contributed by atoms with E-state index in [1.807, 2.05) is 9.80 Å². The van der Waals surface area contributed by atoms with Gasteiger partial charge in [-0.3, -0.25) is 24.4 Å². The van der Waals surface area contributed by atoms with Gasteiger partial charge in [0, 0.05) is 76.9 Å². The Hall–Kier alpha value is -8.77. The fraction of sp³-hybridized carbons (Fsp3) is 0.275. The van der Waals surface area contributed by atoms with Crippen LogP contribution in [0.5, 0.6) is 11.5 Å². The van der Waals surface area contributed by atoms with Gasteiger partial charge in [-0.05, 0) is 74.2 Å². The SMILES string of the molecule is O=C(CCCCC(=O)Oc1c(F)c(F)cc(F)c1F)NCCCCOc1cc(CN(Cc2cccc(C(=O)O)n2)Cc2cccc(C(=O)O)n2)nc(CN(Cc2cccc(C(=O)O)n2)Cc2cccc(C(=O)O)n2)c1. The number of nitrogens with one attached hydrogen (secondary N) is 1. The highest BCUT2D eigenvalue weighted by Gasteiger charge is 2.24. The Morgan fingerprint density at radius 3 is 1.27 bits per heavy atom. The second-order valence-corrected chi connectivity index (χ2v) is 16.7. The van der Waals surface area contributed by atoms with Crippen LogP contribution in [0.1, 0.15) is 115 Å². The van der Waals surface area contributed by atoms with E-state index >= 15 is 0 Å². The lowest BCUT2D eigenvalue weighted by molar-refractivity contribution is -0.135. The first kappa shape index (κ1) is 55.5. The summed E-state index contributed by atoms with van der Waals surface area (Å²) in [6, 6.07) is 21.4. The summed E-state index contributed by atoms with van der Waals surface area (Å²) in [7, 11) is 0. The summed E-state index contributed by atoms with van der Waals surface area (Å²) < 4.78 is 65.4. The molecule has 0 spiro atoms. The number of halogens is 4. The average Bonchev–Trinajstić information content (AvgIpc) is 3.37. The van der Waals surface area contributed by atoms with Crippen molar-refractivity contribution in [2.24, 2.45) is 0 Å². The number of carbonyl (C=O) groups excluding carboxylic acids is 2. The molecule has 24 heteroatoms. The van der Waals surface area contributed by atoms with E-state index in [9.17, 15) is 66.8 Å². The third-order valence-corrected chi connectivity index (χ3v) is 10.8. The molecule has 0 unspecified atom stereocenters. The number of carboxylic acids is 4. The number of carboxylic acid groups (broad SMARTS) is 4. The molecule has 0 bridgehead atoms. The standard InChI is InChI=1S/C51H48F4N8O12/c52-37-23-38(53)46(55)47(45(37)54)75-44(65)18-2-1-17-43(64)56-19-3-4-20-74-36-21-34(28-62(24-30-9-5-13-39(58-30)48(66)67)25-31-10-6-14-40(59-31)49(68)69)57-35(22-36)29-63(26-32-11-7-15-41(60-32)50(70)71)27-33-12-8-16-42(61-33)51(72)73/h5-16,21-23H,1-4,17-20,24-29H2,(H,56,64)(H,66,67)(H,68,69)(H,70,71)(H,72,73). The summed E-state index contributed by atoms with van der Waals surface area (Å²) in [5.74, 6) is -14.8. The van der Waals surface area contributed by atoms with Crippen molar-refractivity contribution < 1.29 is 76.2 Å². The lowest BCUT2D eigenvalue weighted by Crippen LogP contribution is -2.26. The van der Waals surface area contributed by atoms with E-state index in [0.29, 0.717) is 52.8 Å². The summed E-state index contributed by atoms with van der Waals surface area (Å²) in [4.78, 5) is 97.6. The monoisotopic (exact) mass is 1040 g/mol. The van der Waals surface area contributed by atoms with Crippen LogP contribution in [0.2, 0.25) is 0 Å². The van der Waals surface area contributed by atoms with Gasteiger partial charge in [0.15, 0.2) is 11.6 Å². The molecule has 6 rings (SSSR count). The van der Waals surface area contributed by atoms with Crippen LogP contribution in [0.25, 0.3) is 0 Å². The van der Waals surface area contributed by atoms with Gasteiger partial charge in [0.25, 0.3) is 0 Å². The molecular weight excluding hydrogens is 993 g/mol. The molecule has 0 radical (unpaired) electrons. The van der Waals surface area contributed by atoms with Gasteiger partial charge in [-0.15, -0.1) is 0 Å². The van der Waals surface area contributed by atoms with Crippen LogP contribution >= 0.6 is 0 Å². The molecular formula is C51H48F4N8O12. The Bertz CT molecular complexity index is 2770. The first-order chi connectivity index (χ1) is 35.9. The highest BCUT2D eigenvalue weighted by molar-refractivity contribution is 5.86. The maximum absolute atomic E-state index is 13.9. The van der Waals surface area contributed by atoms with Crippen LogP contribution in [0.3, 0.4) is 0 Å². The molecule has 0 fully saturated rings. The van der Waals surface area contributed by atoms with Crippen molar-refractivity contribution in [3.05, 3.63) is 171 Å². The van der Waals surface area contributed by atoms with Gasteiger partial charge in [0.05, 0.1) is 40.8 Å². The van der Waals surface area contributed by atoms with Crippen molar-refractivity contribution in [3.8, 4) is 11.5 Å². The van der Waals surface area contributed by atoms with Crippen molar-refractivity contribution in [2.75, 3.05) is 13.2 Å². The maximum atomic E-state index is 13.9. The molecule has 6 aromatic rings. The Kier molecular flexibility index (Phi) is 19.8. The molecule has 392 valence electrons. The number of unbranched alkanes of at least 4 members (excludes halogenated alkanes) is 2. The number of rotatable bonds is 28. The minimum Gasteiger partial charge on any atom is -0.493 e. The molecule has 0 aliphatic heterocycles. The van der Waals surface area contributed by atoms with Gasteiger partial charge in [-0.2, -0.15) is 8.78 Å². The molecule has 5 aromatic heterocycles. The largest absolute Gasteiger partial charge is 0.493 e. The van der Waals surface area contributed by atoms with E-state index in [1.54, 1.807) is 60.7 Å². The Labute approximate surface area is 424 Å². The van der Waals surface area contributed by atoms with Crippen LogP contribution in [0.4, 0.5) is 17.6 Å². The molecule has 0 saturated carbocycles. The third kappa shape index (κ3) is 17.2. The smallest absolute Gasteiger partial charge is 0.354 e. The van der Waals surface area contributed by atoms with Crippen molar-refractivity contribution in [3.63, 3.8) is 0 Å². The number of aromatic nitrogens is 5. The molecule has 20 nitrogen and oxygen atoms in total. The highest BCUT2D eigenvalue weighted by Crippen LogP contribution is 2.27. The number of carbonyl (C=O) groups is 6. The normalized spacial score (nSPS) is 11.1. The predicted molar refractivity (Wildman–Crippen MR) is 253 cm³/mol. The number of hydrogen-bond donors (Lipinski definition) is 5. The van der Waals surface area contributed by atoms with Gasteiger partial charge in [0.2, 0.25) is 23.3 Å². The molecule has 5 heterocycles. The van der Waals surface area contributed by atoms with E-state index in [0.717, 1.165) is 0 Å². The number of benzene rings is 1. The molecule has 0 atom stereocenters. The summed E-state index contributed by atoms with van der Waals surface area (Å²) >= 11 is 0. The lowest BCUT2D eigenvalue weighted by Gasteiger charge is -2.24. The topological polar surface area (TPSA) is 285 Å². The Morgan fingerprint density at radius 2 is 0.867 bits per heavy atom. The van der Waals surface area contributed by atoms with E-state index in [1.165, 1.54) is 24.3 Å². The minimum atomic E-state index is -1.85. The number of ether oxygens (including phenoxy) is 2. The molecule has 1 aromatic carbocycles. The zero-order valence-electron chi connectivity index (χ0n) is 39.8. The van der Waals surface area contributed by atoms with E-state index < -0.39 is 58.9 Å². The van der Waals surface area contributed by atoms with Gasteiger partial charge in [0.1, 0.15) is 28.5 Å². The molecule has 5 N–H and O–H groups in total. The number of nitrogens with zero attached hydrogens (tertiary/aromatic N) is 7. The zero-order chi connectivity index (χ0) is 54.0. The predicted octanol–water partition coefficient (Wildman–Crippen LogP) is 6.86. The van der Waals surface area contributed by atoms with Crippen molar-refractivity contribution in [2.45, 2.75) is 77.8 Å².